The summed E-state index contributed by atoms with van der Waals surface area (Å²) in [5.74, 6) is 1.07. The van der Waals surface area contributed by atoms with Crippen LogP contribution in [0.1, 0.15) is 25.2 Å². The van der Waals surface area contributed by atoms with Crippen LogP contribution in [0.15, 0.2) is 28.8 Å². The second kappa shape index (κ2) is 9.01. The molecule has 1 aromatic heterocycles. The van der Waals surface area contributed by atoms with Gasteiger partial charge in [-0.1, -0.05) is 23.2 Å². The lowest BCUT2D eigenvalue weighted by molar-refractivity contribution is -0.123. The standard InChI is InChI=1S/C16H19ClN4O2.ClH/c17-12-6-4-11(5-7-12)15-20-14(23-21-15)8-10-19-16(22)13-3-1-2-9-18-13;/h4-7,13,18H,1-3,8-10H2,(H,19,22);1H. The van der Waals surface area contributed by atoms with Crippen molar-refractivity contribution in [2.24, 2.45) is 0 Å². The maximum absolute atomic E-state index is 12.0. The quantitative estimate of drug-likeness (QED) is 0.845. The van der Waals surface area contributed by atoms with Crippen molar-refractivity contribution in [3.05, 3.63) is 35.2 Å². The van der Waals surface area contributed by atoms with Crippen molar-refractivity contribution >= 4 is 29.9 Å². The van der Waals surface area contributed by atoms with Gasteiger partial charge in [0.1, 0.15) is 0 Å². The van der Waals surface area contributed by atoms with Crippen LogP contribution in [0.3, 0.4) is 0 Å². The highest BCUT2D eigenvalue weighted by Gasteiger charge is 2.20. The molecule has 0 saturated carbocycles. The summed E-state index contributed by atoms with van der Waals surface area (Å²) in [5, 5.41) is 10.7. The van der Waals surface area contributed by atoms with E-state index in [9.17, 15) is 4.79 Å². The first-order valence-electron chi connectivity index (χ1n) is 7.82. The van der Waals surface area contributed by atoms with E-state index < -0.39 is 0 Å². The van der Waals surface area contributed by atoms with Gasteiger partial charge < -0.3 is 15.2 Å². The van der Waals surface area contributed by atoms with E-state index in [1.54, 1.807) is 12.1 Å². The van der Waals surface area contributed by atoms with Crippen molar-refractivity contribution in [1.82, 2.24) is 20.8 Å². The number of piperidine rings is 1. The summed E-state index contributed by atoms with van der Waals surface area (Å²) < 4.78 is 5.22. The second-order valence-corrected chi connectivity index (χ2v) is 6.00. The number of amides is 1. The third kappa shape index (κ3) is 4.93. The van der Waals surface area contributed by atoms with Crippen LogP contribution in [0.25, 0.3) is 11.4 Å². The Hall–Kier alpha value is -1.63. The maximum atomic E-state index is 12.0. The number of aromatic nitrogens is 2. The molecule has 1 aliphatic heterocycles. The lowest BCUT2D eigenvalue weighted by Gasteiger charge is -2.22. The number of rotatable bonds is 5. The van der Waals surface area contributed by atoms with Crippen LogP contribution in [-0.4, -0.2) is 35.2 Å². The molecule has 0 aliphatic carbocycles. The molecular formula is C16H20Cl2N4O2. The van der Waals surface area contributed by atoms with E-state index in [1.807, 2.05) is 12.1 Å². The minimum Gasteiger partial charge on any atom is -0.354 e. The Morgan fingerprint density at radius 3 is 2.83 bits per heavy atom. The van der Waals surface area contributed by atoms with Gasteiger partial charge in [-0.25, -0.2) is 0 Å². The molecule has 2 heterocycles. The van der Waals surface area contributed by atoms with Gasteiger partial charge in [-0.2, -0.15) is 4.98 Å². The van der Waals surface area contributed by atoms with E-state index >= 15 is 0 Å². The van der Waals surface area contributed by atoms with Crippen LogP contribution in [-0.2, 0) is 11.2 Å². The Labute approximate surface area is 151 Å². The number of benzene rings is 1. The number of carbonyl (C=O) groups is 1. The molecule has 6 nitrogen and oxygen atoms in total. The SMILES string of the molecule is Cl.O=C(NCCc1nc(-c2ccc(Cl)cc2)no1)C1CCCCN1. The third-order valence-electron chi connectivity index (χ3n) is 3.84. The predicted molar refractivity (Wildman–Crippen MR) is 94.3 cm³/mol. The summed E-state index contributed by atoms with van der Waals surface area (Å²) in [7, 11) is 0. The number of halogens is 2. The van der Waals surface area contributed by atoms with Crippen molar-refractivity contribution < 1.29 is 9.32 Å². The van der Waals surface area contributed by atoms with Crippen LogP contribution < -0.4 is 10.6 Å². The predicted octanol–water partition coefficient (Wildman–Crippen LogP) is 2.61. The lowest BCUT2D eigenvalue weighted by Crippen LogP contribution is -2.47. The Morgan fingerprint density at radius 1 is 1.33 bits per heavy atom. The van der Waals surface area contributed by atoms with Gasteiger partial charge in [-0.15, -0.1) is 12.4 Å². The van der Waals surface area contributed by atoms with Gasteiger partial charge in [-0.3, -0.25) is 4.79 Å². The average Bonchev–Trinajstić information content (AvgIpc) is 3.05. The normalized spacial score (nSPS) is 17.1. The van der Waals surface area contributed by atoms with Gasteiger partial charge in [0.05, 0.1) is 6.04 Å². The smallest absolute Gasteiger partial charge is 0.237 e. The van der Waals surface area contributed by atoms with E-state index in [2.05, 4.69) is 20.8 Å². The molecular weight excluding hydrogens is 351 g/mol. The first-order chi connectivity index (χ1) is 11.2. The van der Waals surface area contributed by atoms with E-state index in [0.29, 0.717) is 29.7 Å². The number of hydrogen-bond donors (Lipinski definition) is 2. The Kier molecular flexibility index (Phi) is 7.02. The van der Waals surface area contributed by atoms with Crippen LogP contribution >= 0.6 is 24.0 Å². The molecule has 1 amide bonds. The fourth-order valence-corrected chi connectivity index (χ4v) is 2.69. The zero-order chi connectivity index (χ0) is 16.1. The molecule has 3 rings (SSSR count). The highest BCUT2D eigenvalue weighted by atomic mass is 35.5. The molecule has 1 saturated heterocycles. The Bertz CT molecular complexity index is 654. The van der Waals surface area contributed by atoms with Gasteiger partial charge in [0.2, 0.25) is 17.6 Å². The average molecular weight is 371 g/mol. The highest BCUT2D eigenvalue weighted by Crippen LogP contribution is 2.18. The summed E-state index contributed by atoms with van der Waals surface area (Å²) in [6.45, 7) is 1.39. The van der Waals surface area contributed by atoms with Crippen molar-refractivity contribution in [3.8, 4) is 11.4 Å². The minimum absolute atomic E-state index is 0. The molecule has 2 aromatic rings. The van der Waals surface area contributed by atoms with Gasteiger partial charge in [0.25, 0.3) is 0 Å². The summed E-state index contributed by atoms with van der Waals surface area (Å²) in [6.07, 6.45) is 3.64. The van der Waals surface area contributed by atoms with Crippen LogP contribution in [0, 0.1) is 0 Å². The van der Waals surface area contributed by atoms with E-state index in [4.69, 9.17) is 16.1 Å². The molecule has 1 atom stereocenters. The van der Waals surface area contributed by atoms with Crippen LogP contribution in [0.2, 0.25) is 5.02 Å². The zero-order valence-corrected chi connectivity index (χ0v) is 14.7. The van der Waals surface area contributed by atoms with Crippen LogP contribution in [0.5, 0.6) is 0 Å². The van der Waals surface area contributed by atoms with Crippen molar-refractivity contribution in [3.63, 3.8) is 0 Å². The van der Waals surface area contributed by atoms with Gasteiger partial charge in [0.15, 0.2) is 0 Å². The Balaban J connectivity index is 0.00000208. The summed E-state index contributed by atoms with van der Waals surface area (Å²) in [5.41, 5.74) is 0.847. The molecule has 2 N–H and O–H groups in total. The molecule has 0 bridgehead atoms. The summed E-state index contributed by atoms with van der Waals surface area (Å²) >= 11 is 5.86. The zero-order valence-electron chi connectivity index (χ0n) is 13.1. The summed E-state index contributed by atoms with van der Waals surface area (Å²) in [4.78, 5) is 16.3. The molecule has 1 aliphatic rings. The monoisotopic (exact) mass is 370 g/mol. The maximum Gasteiger partial charge on any atom is 0.237 e. The van der Waals surface area contributed by atoms with E-state index in [-0.39, 0.29) is 24.4 Å². The van der Waals surface area contributed by atoms with Crippen molar-refractivity contribution in [2.75, 3.05) is 13.1 Å². The molecule has 0 radical (unpaired) electrons. The fourth-order valence-electron chi connectivity index (χ4n) is 2.56. The molecule has 1 aromatic carbocycles. The number of nitrogens with zero attached hydrogens (tertiary/aromatic N) is 2. The number of hydrogen-bond acceptors (Lipinski definition) is 5. The first-order valence-corrected chi connectivity index (χ1v) is 8.20. The fraction of sp³-hybridized carbons (Fsp3) is 0.438. The summed E-state index contributed by atoms with van der Waals surface area (Å²) in [6, 6.07) is 7.17. The van der Waals surface area contributed by atoms with Gasteiger partial charge >= 0.3 is 0 Å². The highest BCUT2D eigenvalue weighted by molar-refractivity contribution is 6.30. The lowest BCUT2D eigenvalue weighted by atomic mass is 10.0. The molecule has 1 unspecified atom stereocenters. The van der Waals surface area contributed by atoms with Gasteiger partial charge in [-0.05, 0) is 43.7 Å². The van der Waals surface area contributed by atoms with E-state index in [1.165, 1.54) is 0 Å². The number of nitrogens with one attached hydrogen (secondary N) is 2. The van der Waals surface area contributed by atoms with E-state index in [0.717, 1.165) is 31.4 Å². The second-order valence-electron chi connectivity index (χ2n) is 5.56. The van der Waals surface area contributed by atoms with Crippen LogP contribution in [0.4, 0.5) is 0 Å². The third-order valence-corrected chi connectivity index (χ3v) is 4.09. The largest absolute Gasteiger partial charge is 0.354 e. The number of carbonyl (C=O) groups excluding carboxylic acids is 1. The molecule has 24 heavy (non-hydrogen) atoms. The molecule has 8 heteroatoms. The van der Waals surface area contributed by atoms with Crippen molar-refractivity contribution in [2.45, 2.75) is 31.7 Å². The minimum atomic E-state index is -0.0731. The first kappa shape index (κ1) is 18.7. The van der Waals surface area contributed by atoms with Gasteiger partial charge in [0, 0.05) is 23.6 Å². The topological polar surface area (TPSA) is 80.1 Å². The molecule has 1 fully saturated rings. The van der Waals surface area contributed by atoms with Crippen molar-refractivity contribution in [1.29, 1.82) is 0 Å². The molecule has 0 spiro atoms. The molecule has 130 valence electrons. The Morgan fingerprint density at radius 2 is 2.12 bits per heavy atom.